The van der Waals surface area contributed by atoms with Gasteiger partial charge in [-0.15, -0.1) is 0 Å². The third-order valence-corrected chi connectivity index (χ3v) is 5.30. The van der Waals surface area contributed by atoms with Crippen molar-refractivity contribution in [2.75, 3.05) is 25.1 Å². The molecule has 30 heavy (non-hydrogen) atoms. The molecule has 3 rings (SSSR count). The Labute approximate surface area is 182 Å². The number of methoxy groups -OCH3 is 1. The molecule has 1 heterocycles. The molecule has 158 valence electrons. The van der Waals surface area contributed by atoms with Gasteiger partial charge in [-0.1, -0.05) is 56.3 Å². The number of hydrogen-bond donors (Lipinski definition) is 1. The van der Waals surface area contributed by atoms with Crippen LogP contribution in [0.5, 0.6) is 5.75 Å². The van der Waals surface area contributed by atoms with Crippen molar-refractivity contribution < 1.29 is 9.53 Å². The Morgan fingerprint density at radius 3 is 2.63 bits per heavy atom. The molecule has 0 aliphatic rings. The summed E-state index contributed by atoms with van der Waals surface area (Å²) in [6.45, 7) is 5.67. The van der Waals surface area contributed by atoms with Crippen molar-refractivity contribution in [2.24, 2.45) is 5.92 Å². The van der Waals surface area contributed by atoms with E-state index >= 15 is 0 Å². The lowest BCUT2D eigenvalue weighted by atomic mass is 10.1. The van der Waals surface area contributed by atoms with E-state index in [1.165, 1.54) is 11.5 Å². The summed E-state index contributed by atoms with van der Waals surface area (Å²) in [6, 6.07) is 18.0. The number of carbonyl (C=O) groups is 1. The zero-order valence-corrected chi connectivity index (χ0v) is 18.5. The highest BCUT2D eigenvalue weighted by Gasteiger charge is 2.17. The number of nitrogens with one attached hydrogen (secondary N) is 1. The standard InChI is InChI=1S/C23H28N4O2S/c1-17(2)14-24-22(28)16-27(15-18-8-5-4-6-9-18)23-25-21(26-30-23)13-19-10-7-11-20(12-19)29-3/h4-12,17H,13-16H2,1-3H3,(H,24,28). The number of anilines is 1. The summed E-state index contributed by atoms with van der Waals surface area (Å²) >= 11 is 1.33. The molecule has 0 aliphatic carbocycles. The second kappa shape index (κ2) is 10.7. The molecule has 7 heteroatoms. The lowest BCUT2D eigenvalue weighted by Crippen LogP contribution is -2.38. The molecule has 0 unspecified atom stereocenters. The molecule has 6 nitrogen and oxygen atoms in total. The van der Waals surface area contributed by atoms with Gasteiger partial charge in [0.2, 0.25) is 11.0 Å². The van der Waals surface area contributed by atoms with Gasteiger partial charge in [0.1, 0.15) is 11.6 Å². The van der Waals surface area contributed by atoms with E-state index in [4.69, 9.17) is 9.72 Å². The molecule has 0 radical (unpaired) electrons. The summed E-state index contributed by atoms with van der Waals surface area (Å²) in [6.07, 6.45) is 0.617. The number of amides is 1. The van der Waals surface area contributed by atoms with E-state index in [-0.39, 0.29) is 12.5 Å². The molecule has 1 amide bonds. The zero-order chi connectivity index (χ0) is 21.3. The third-order valence-electron chi connectivity index (χ3n) is 4.48. The normalized spacial score (nSPS) is 10.8. The summed E-state index contributed by atoms with van der Waals surface area (Å²) in [4.78, 5) is 19.2. The van der Waals surface area contributed by atoms with Crippen molar-refractivity contribution in [3.05, 3.63) is 71.5 Å². The van der Waals surface area contributed by atoms with Gasteiger partial charge in [-0.3, -0.25) is 4.79 Å². The van der Waals surface area contributed by atoms with Crippen molar-refractivity contribution in [3.8, 4) is 5.75 Å². The lowest BCUT2D eigenvalue weighted by molar-refractivity contribution is -0.119. The second-order valence-corrected chi connectivity index (χ2v) is 8.29. The van der Waals surface area contributed by atoms with Crippen LogP contribution in [0.3, 0.4) is 0 Å². The Balaban J connectivity index is 1.74. The van der Waals surface area contributed by atoms with Crippen LogP contribution in [0, 0.1) is 5.92 Å². The molecule has 3 aromatic rings. The maximum absolute atomic E-state index is 12.5. The first-order chi connectivity index (χ1) is 14.5. The maximum Gasteiger partial charge on any atom is 0.239 e. The Morgan fingerprint density at radius 2 is 1.90 bits per heavy atom. The highest BCUT2D eigenvalue weighted by Crippen LogP contribution is 2.22. The average Bonchev–Trinajstić information content (AvgIpc) is 3.21. The van der Waals surface area contributed by atoms with Gasteiger partial charge in [0, 0.05) is 31.0 Å². The first-order valence-corrected chi connectivity index (χ1v) is 10.8. The fourth-order valence-electron chi connectivity index (χ4n) is 2.95. The molecule has 0 atom stereocenters. The average molecular weight is 425 g/mol. The first kappa shape index (κ1) is 21.8. The largest absolute Gasteiger partial charge is 0.497 e. The smallest absolute Gasteiger partial charge is 0.239 e. The van der Waals surface area contributed by atoms with Crippen LogP contribution in [0.2, 0.25) is 0 Å². The van der Waals surface area contributed by atoms with Crippen LogP contribution in [-0.2, 0) is 17.8 Å². The van der Waals surface area contributed by atoms with Crippen LogP contribution in [0.4, 0.5) is 5.13 Å². The van der Waals surface area contributed by atoms with Crippen molar-refractivity contribution in [1.29, 1.82) is 0 Å². The molecular weight excluding hydrogens is 396 g/mol. The van der Waals surface area contributed by atoms with Crippen LogP contribution in [0.15, 0.2) is 54.6 Å². The van der Waals surface area contributed by atoms with Gasteiger partial charge in [0.25, 0.3) is 0 Å². The molecule has 0 saturated carbocycles. The van der Waals surface area contributed by atoms with Gasteiger partial charge in [0.05, 0.1) is 13.7 Å². The van der Waals surface area contributed by atoms with E-state index in [1.54, 1.807) is 7.11 Å². The van der Waals surface area contributed by atoms with E-state index in [0.29, 0.717) is 25.4 Å². The molecule has 0 aliphatic heterocycles. The van der Waals surface area contributed by atoms with Crippen molar-refractivity contribution in [2.45, 2.75) is 26.8 Å². The summed E-state index contributed by atoms with van der Waals surface area (Å²) in [5.74, 6) is 1.95. The Hall–Kier alpha value is -2.93. The number of ether oxygens (including phenoxy) is 1. The number of carbonyl (C=O) groups excluding carboxylic acids is 1. The molecule has 1 N–H and O–H groups in total. The number of nitrogens with zero attached hydrogens (tertiary/aromatic N) is 3. The Kier molecular flexibility index (Phi) is 7.79. The molecule has 0 fully saturated rings. The van der Waals surface area contributed by atoms with Gasteiger partial charge < -0.3 is 15.0 Å². The van der Waals surface area contributed by atoms with E-state index in [0.717, 1.165) is 27.8 Å². The third kappa shape index (κ3) is 6.56. The summed E-state index contributed by atoms with van der Waals surface area (Å²) in [7, 11) is 1.66. The van der Waals surface area contributed by atoms with Gasteiger partial charge >= 0.3 is 0 Å². The maximum atomic E-state index is 12.5. The monoisotopic (exact) mass is 424 g/mol. The van der Waals surface area contributed by atoms with Crippen LogP contribution in [0.25, 0.3) is 0 Å². The molecule has 0 spiro atoms. The van der Waals surface area contributed by atoms with E-state index in [2.05, 4.69) is 35.7 Å². The lowest BCUT2D eigenvalue weighted by Gasteiger charge is -2.21. The SMILES string of the molecule is COc1cccc(Cc2nsc(N(CC(=O)NCC(C)C)Cc3ccccc3)n2)c1. The predicted molar refractivity (Wildman–Crippen MR) is 121 cm³/mol. The topological polar surface area (TPSA) is 67.3 Å². The number of benzene rings is 2. The van der Waals surface area contributed by atoms with Crippen molar-refractivity contribution in [3.63, 3.8) is 0 Å². The van der Waals surface area contributed by atoms with E-state index < -0.39 is 0 Å². The van der Waals surface area contributed by atoms with Crippen LogP contribution in [-0.4, -0.2) is 35.5 Å². The minimum atomic E-state index is -0.0100. The second-order valence-electron chi connectivity index (χ2n) is 7.56. The fraction of sp³-hybridized carbons (Fsp3) is 0.348. The van der Waals surface area contributed by atoms with Gasteiger partial charge in [-0.25, -0.2) is 4.98 Å². The predicted octanol–water partition coefficient (Wildman–Crippen LogP) is 3.92. The highest BCUT2D eigenvalue weighted by atomic mass is 32.1. The van der Waals surface area contributed by atoms with Gasteiger partial charge in [0.15, 0.2) is 0 Å². The summed E-state index contributed by atoms with van der Waals surface area (Å²) < 4.78 is 9.82. The quantitative estimate of drug-likeness (QED) is 0.534. The first-order valence-electron chi connectivity index (χ1n) is 10.0. The molecule has 2 aromatic carbocycles. The van der Waals surface area contributed by atoms with E-state index in [9.17, 15) is 4.79 Å². The van der Waals surface area contributed by atoms with Crippen LogP contribution in [0.1, 0.15) is 30.8 Å². The van der Waals surface area contributed by atoms with Crippen molar-refractivity contribution in [1.82, 2.24) is 14.7 Å². The van der Waals surface area contributed by atoms with Gasteiger partial charge in [-0.2, -0.15) is 4.37 Å². The van der Waals surface area contributed by atoms with E-state index in [1.807, 2.05) is 47.4 Å². The Bertz CT molecular complexity index is 943. The fourth-order valence-corrected chi connectivity index (χ4v) is 3.64. The highest BCUT2D eigenvalue weighted by molar-refractivity contribution is 7.09. The zero-order valence-electron chi connectivity index (χ0n) is 17.7. The number of rotatable bonds is 10. The summed E-state index contributed by atoms with van der Waals surface area (Å²) in [5.41, 5.74) is 2.21. The molecule has 0 saturated heterocycles. The number of aromatic nitrogens is 2. The molecule has 1 aromatic heterocycles. The van der Waals surface area contributed by atoms with Crippen molar-refractivity contribution >= 4 is 22.6 Å². The summed E-state index contributed by atoms with van der Waals surface area (Å²) in [5, 5.41) is 3.74. The minimum absolute atomic E-state index is 0.0100. The molecule has 0 bridgehead atoms. The molecular formula is C23H28N4O2S. The number of hydrogen-bond acceptors (Lipinski definition) is 6. The van der Waals surface area contributed by atoms with Crippen LogP contribution >= 0.6 is 11.5 Å². The minimum Gasteiger partial charge on any atom is -0.497 e. The Morgan fingerprint density at radius 1 is 1.13 bits per heavy atom. The van der Waals surface area contributed by atoms with Crippen LogP contribution < -0.4 is 15.0 Å². The van der Waals surface area contributed by atoms with Gasteiger partial charge in [-0.05, 0) is 29.2 Å².